The SMILES string of the molecule is C=C/C=C\C(=C/C)N1C(=O)/C(=C/c2cc(Br)c(OCc3ccc(F)cc3)c(CC=C)c2)C(=O)N=C1SCC(=O)NC(c1ccccc1)c1ccccc1. The summed E-state index contributed by atoms with van der Waals surface area (Å²) in [5.41, 5.74) is 4.22. The molecule has 1 aliphatic rings. The van der Waals surface area contributed by atoms with Crippen molar-refractivity contribution >= 4 is 56.7 Å². The Morgan fingerprint density at radius 3 is 2.26 bits per heavy atom. The Bertz CT molecular complexity index is 2070. The number of aliphatic imine (C=N–C) groups is 1. The van der Waals surface area contributed by atoms with E-state index in [1.807, 2.05) is 66.7 Å². The molecule has 4 aromatic rings. The number of nitrogens with zero attached hydrogens (tertiary/aromatic N) is 2. The molecule has 5 rings (SSSR count). The molecule has 3 amide bonds. The number of rotatable bonds is 14. The number of nitrogens with one attached hydrogen (secondary N) is 1. The van der Waals surface area contributed by atoms with Gasteiger partial charge in [0.05, 0.1) is 16.3 Å². The first kappa shape index (κ1) is 38.6. The predicted octanol–water partition coefficient (Wildman–Crippen LogP) is 9.29. The van der Waals surface area contributed by atoms with Crippen molar-refractivity contribution in [3.63, 3.8) is 0 Å². The summed E-state index contributed by atoms with van der Waals surface area (Å²) < 4.78 is 20.1. The molecule has 1 aliphatic heterocycles. The fourth-order valence-corrected chi connectivity index (χ4v) is 6.96. The van der Waals surface area contributed by atoms with Gasteiger partial charge in [0, 0.05) is 5.70 Å². The summed E-state index contributed by atoms with van der Waals surface area (Å²) in [6.07, 6.45) is 10.3. The van der Waals surface area contributed by atoms with Crippen molar-refractivity contribution in [3.8, 4) is 5.75 Å². The van der Waals surface area contributed by atoms with Crippen LogP contribution in [0.4, 0.5) is 4.39 Å². The van der Waals surface area contributed by atoms with Crippen LogP contribution in [-0.4, -0.2) is 33.5 Å². The minimum Gasteiger partial charge on any atom is -0.487 e. The van der Waals surface area contributed by atoms with Gasteiger partial charge >= 0.3 is 0 Å². The van der Waals surface area contributed by atoms with Gasteiger partial charge in [-0.3, -0.25) is 19.3 Å². The zero-order valence-electron chi connectivity index (χ0n) is 29.0. The van der Waals surface area contributed by atoms with Gasteiger partial charge in [-0.25, -0.2) is 4.39 Å². The van der Waals surface area contributed by atoms with Crippen molar-refractivity contribution in [2.24, 2.45) is 4.99 Å². The highest BCUT2D eigenvalue weighted by molar-refractivity contribution is 9.10. The maximum absolute atomic E-state index is 14.2. The molecule has 0 unspecified atom stereocenters. The summed E-state index contributed by atoms with van der Waals surface area (Å²) in [6.45, 7) is 9.56. The topological polar surface area (TPSA) is 88.1 Å². The van der Waals surface area contributed by atoms with Crippen LogP contribution in [0.1, 0.15) is 40.8 Å². The lowest BCUT2D eigenvalue weighted by atomic mass is 9.99. The van der Waals surface area contributed by atoms with E-state index in [2.05, 4.69) is 39.4 Å². The fourth-order valence-electron chi connectivity index (χ4n) is 5.52. The van der Waals surface area contributed by atoms with Crippen LogP contribution in [-0.2, 0) is 27.4 Å². The van der Waals surface area contributed by atoms with Gasteiger partial charge in [-0.15, -0.1) is 6.58 Å². The Hall–Kier alpha value is -5.58. The van der Waals surface area contributed by atoms with Crippen LogP contribution in [0.5, 0.6) is 5.75 Å². The first-order chi connectivity index (χ1) is 25.7. The van der Waals surface area contributed by atoms with E-state index in [1.54, 1.807) is 55.5 Å². The average molecular weight is 791 g/mol. The molecular formula is C43H37BrFN3O4S. The highest BCUT2D eigenvalue weighted by atomic mass is 79.9. The molecule has 0 fully saturated rings. The van der Waals surface area contributed by atoms with Gasteiger partial charge in [0.1, 0.15) is 23.7 Å². The van der Waals surface area contributed by atoms with Crippen LogP contribution >= 0.6 is 27.7 Å². The highest BCUT2D eigenvalue weighted by Crippen LogP contribution is 2.34. The Balaban J connectivity index is 1.42. The maximum Gasteiger partial charge on any atom is 0.285 e. The summed E-state index contributed by atoms with van der Waals surface area (Å²) in [6, 6.07) is 28.4. The standard InChI is InChI=1S/C43H37BrFN3O4S/c1-4-7-19-35(6-3)48-42(51)36(25-30-24-33(14-5-2)40(37(44)26-30)52-27-29-20-22-34(45)23-21-29)41(50)47-43(48)53-28-38(49)46-39(31-15-10-8-11-16-31)32-17-12-9-13-18-32/h4-13,15-26,39H,1-2,14,27-28H2,3H3,(H,46,49)/b19-7-,35-6+,36-25+. The zero-order valence-corrected chi connectivity index (χ0v) is 31.4. The average Bonchev–Trinajstić information content (AvgIpc) is 3.16. The van der Waals surface area contributed by atoms with Crippen LogP contribution in [0.15, 0.2) is 161 Å². The van der Waals surface area contributed by atoms with E-state index < -0.39 is 17.9 Å². The van der Waals surface area contributed by atoms with Crippen molar-refractivity contribution in [1.82, 2.24) is 10.2 Å². The summed E-state index contributed by atoms with van der Waals surface area (Å²) in [5, 5.41) is 3.17. The molecule has 0 radical (unpaired) electrons. The van der Waals surface area contributed by atoms with E-state index in [-0.39, 0.29) is 34.8 Å². The third-order valence-corrected chi connectivity index (χ3v) is 9.56. The summed E-state index contributed by atoms with van der Waals surface area (Å²) in [7, 11) is 0. The Morgan fingerprint density at radius 2 is 1.66 bits per heavy atom. The largest absolute Gasteiger partial charge is 0.487 e. The van der Waals surface area contributed by atoms with Gasteiger partial charge in [-0.2, -0.15) is 4.99 Å². The van der Waals surface area contributed by atoms with Gasteiger partial charge in [-0.1, -0.05) is 115 Å². The maximum atomic E-state index is 14.2. The van der Waals surface area contributed by atoms with Gasteiger partial charge in [0.2, 0.25) is 5.91 Å². The molecule has 0 saturated heterocycles. The third kappa shape index (κ3) is 10.1. The Morgan fingerprint density at radius 1 is 1.00 bits per heavy atom. The second kappa shape index (κ2) is 18.8. The predicted molar refractivity (Wildman–Crippen MR) is 214 cm³/mol. The van der Waals surface area contributed by atoms with Gasteiger partial charge in [0.15, 0.2) is 5.17 Å². The lowest BCUT2D eigenvalue weighted by Gasteiger charge is -2.28. The normalized spacial score (nSPS) is 14.1. The van der Waals surface area contributed by atoms with Crippen molar-refractivity contribution in [2.45, 2.75) is 26.0 Å². The summed E-state index contributed by atoms with van der Waals surface area (Å²) >= 11 is 4.58. The fraction of sp³-hybridized carbons (Fsp3) is 0.116. The molecule has 0 aliphatic carbocycles. The molecule has 53 heavy (non-hydrogen) atoms. The molecule has 0 bridgehead atoms. The van der Waals surface area contributed by atoms with E-state index >= 15 is 0 Å². The number of ether oxygens (including phenoxy) is 1. The van der Waals surface area contributed by atoms with Crippen molar-refractivity contribution in [2.75, 3.05) is 5.75 Å². The molecule has 0 spiro atoms. The molecule has 10 heteroatoms. The minimum atomic E-state index is -0.734. The molecular weight excluding hydrogens is 753 g/mol. The molecule has 4 aromatic carbocycles. The number of amidine groups is 1. The molecule has 0 aromatic heterocycles. The number of carbonyl (C=O) groups excluding carboxylic acids is 3. The van der Waals surface area contributed by atoms with Crippen molar-refractivity contribution in [1.29, 1.82) is 0 Å². The van der Waals surface area contributed by atoms with Crippen LogP contribution < -0.4 is 10.1 Å². The molecule has 0 atom stereocenters. The van der Waals surface area contributed by atoms with E-state index in [0.717, 1.165) is 34.0 Å². The minimum absolute atomic E-state index is 0.0724. The zero-order chi connectivity index (χ0) is 37.7. The number of carbonyl (C=O) groups is 3. The molecule has 0 saturated carbocycles. The van der Waals surface area contributed by atoms with E-state index in [0.29, 0.717) is 27.9 Å². The van der Waals surface area contributed by atoms with Crippen LogP contribution in [0, 0.1) is 5.82 Å². The quantitative estimate of drug-likeness (QED) is 0.0596. The van der Waals surface area contributed by atoms with E-state index in [4.69, 9.17) is 4.74 Å². The molecule has 268 valence electrons. The van der Waals surface area contributed by atoms with Gasteiger partial charge in [0.25, 0.3) is 11.8 Å². The van der Waals surface area contributed by atoms with Gasteiger partial charge in [-0.05, 0) is 93.5 Å². The first-order valence-corrected chi connectivity index (χ1v) is 18.5. The second-order valence-corrected chi connectivity index (χ2v) is 13.5. The second-order valence-electron chi connectivity index (χ2n) is 11.7. The van der Waals surface area contributed by atoms with Crippen LogP contribution in [0.2, 0.25) is 0 Å². The van der Waals surface area contributed by atoms with Crippen molar-refractivity contribution < 1.29 is 23.5 Å². The lowest BCUT2D eigenvalue weighted by molar-refractivity contribution is -0.126. The Labute approximate surface area is 321 Å². The van der Waals surface area contributed by atoms with Crippen LogP contribution in [0.3, 0.4) is 0 Å². The number of thioether (sulfide) groups is 1. The summed E-state index contributed by atoms with van der Waals surface area (Å²) in [5.74, 6) is -1.52. The number of hydrogen-bond donors (Lipinski definition) is 1. The molecule has 7 nitrogen and oxygen atoms in total. The van der Waals surface area contributed by atoms with E-state index in [9.17, 15) is 18.8 Å². The number of halogens is 2. The first-order valence-electron chi connectivity index (χ1n) is 16.7. The van der Waals surface area contributed by atoms with Gasteiger partial charge < -0.3 is 10.1 Å². The number of hydrogen-bond acceptors (Lipinski definition) is 5. The molecule has 1 N–H and O–H groups in total. The number of allylic oxidation sites excluding steroid dienone is 5. The van der Waals surface area contributed by atoms with Crippen molar-refractivity contribution in [3.05, 3.63) is 190 Å². The third-order valence-electron chi connectivity index (χ3n) is 8.03. The smallest absolute Gasteiger partial charge is 0.285 e. The van der Waals surface area contributed by atoms with E-state index in [1.165, 1.54) is 23.1 Å². The molecule has 1 heterocycles. The number of amides is 3. The Kier molecular flexibility index (Phi) is 13.7. The number of benzene rings is 4. The highest BCUT2D eigenvalue weighted by Gasteiger charge is 2.35. The monoisotopic (exact) mass is 789 g/mol. The van der Waals surface area contributed by atoms with Crippen LogP contribution in [0.25, 0.3) is 6.08 Å². The summed E-state index contributed by atoms with van der Waals surface area (Å²) in [4.78, 5) is 46.9. The lowest BCUT2D eigenvalue weighted by Crippen LogP contribution is -2.42.